The molecule has 0 bridgehead atoms. The Balaban J connectivity index is 2.03. The van der Waals surface area contributed by atoms with Crippen LogP contribution in [-0.4, -0.2) is 17.1 Å². The number of phenolic OH excluding ortho intramolecular Hbond substituents is 1. The van der Waals surface area contributed by atoms with Gasteiger partial charge in [0.1, 0.15) is 5.75 Å². The monoisotopic (exact) mass is 320 g/mol. The lowest BCUT2D eigenvalue weighted by Gasteiger charge is -2.18. The maximum atomic E-state index is 9.40. The van der Waals surface area contributed by atoms with E-state index in [0.29, 0.717) is 5.69 Å². The number of aromatic hydroxyl groups is 1. The SMILES string of the molecule is CN(Cc1ccc(O)c(N)c1)Cc1ccccc1Br. The van der Waals surface area contributed by atoms with Crippen molar-refractivity contribution in [3.05, 3.63) is 58.1 Å². The van der Waals surface area contributed by atoms with E-state index >= 15 is 0 Å². The molecule has 0 saturated heterocycles. The van der Waals surface area contributed by atoms with Gasteiger partial charge >= 0.3 is 0 Å². The molecule has 0 fully saturated rings. The van der Waals surface area contributed by atoms with Gasteiger partial charge in [-0.1, -0.05) is 40.2 Å². The van der Waals surface area contributed by atoms with Crippen LogP contribution < -0.4 is 5.73 Å². The molecule has 3 N–H and O–H groups in total. The van der Waals surface area contributed by atoms with Crippen LogP contribution >= 0.6 is 15.9 Å². The minimum absolute atomic E-state index is 0.136. The minimum Gasteiger partial charge on any atom is -0.506 e. The molecule has 0 atom stereocenters. The fourth-order valence-corrected chi connectivity index (χ4v) is 2.40. The van der Waals surface area contributed by atoms with Crippen molar-refractivity contribution < 1.29 is 5.11 Å². The molecule has 0 aliphatic rings. The van der Waals surface area contributed by atoms with E-state index in [4.69, 9.17) is 5.73 Å². The zero-order valence-electron chi connectivity index (χ0n) is 10.8. The summed E-state index contributed by atoms with van der Waals surface area (Å²) in [5.74, 6) is 0.136. The first-order valence-electron chi connectivity index (χ1n) is 6.05. The standard InChI is InChI=1S/C15H17BrN2O/c1-18(10-12-4-2-3-5-13(12)16)9-11-6-7-15(19)14(17)8-11/h2-8,19H,9-10,17H2,1H3. The number of nitrogens with zero attached hydrogens (tertiary/aromatic N) is 1. The van der Waals surface area contributed by atoms with Crippen molar-refractivity contribution in [2.75, 3.05) is 12.8 Å². The highest BCUT2D eigenvalue weighted by atomic mass is 79.9. The molecule has 0 aliphatic carbocycles. The molecule has 2 rings (SSSR count). The van der Waals surface area contributed by atoms with E-state index in [1.54, 1.807) is 6.07 Å². The van der Waals surface area contributed by atoms with E-state index in [9.17, 15) is 5.11 Å². The molecule has 100 valence electrons. The van der Waals surface area contributed by atoms with Crippen molar-refractivity contribution in [1.82, 2.24) is 4.90 Å². The molecule has 0 aliphatic heterocycles. The topological polar surface area (TPSA) is 49.5 Å². The van der Waals surface area contributed by atoms with Gasteiger partial charge in [0.2, 0.25) is 0 Å². The number of nitrogen functional groups attached to an aromatic ring is 1. The van der Waals surface area contributed by atoms with Crippen LogP contribution in [0.2, 0.25) is 0 Å². The van der Waals surface area contributed by atoms with E-state index in [2.05, 4.69) is 33.9 Å². The number of hydrogen-bond donors (Lipinski definition) is 2. The van der Waals surface area contributed by atoms with Crippen molar-refractivity contribution >= 4 is 21.6 Å². The lowest BCUT2D eigenvalue weighted by Crippen LogP contribution is -2.17. The maximum Gasteiger partial charge on any atom is 0.138 e. The van der Waals surface area contributed by atoms with Crippen molar-refractivity contribution in [2.45, 2.75) is 13.1 Å². The Kier molecular flexibility index (Phi) is 4.45. The molecule has 0 radical (unpaired) electrons. The molecule has 0 heterocycles. The van der Waals surface area contributed by atoms with Gasteiger partial charge in [0.05, 0.1) is 5.69 Å². The second-order valence-electron chi connectivity index (χ2n) is 4.66. The molecular weight excluding hydrogens is 304 g/mol. The smallest absolute Gasteiger partial charge is 0.138 e. The quantitative estimate of drug-likeness (QED) is 0.670. The first-order chi connectivity index (χ1) is 9.06. The first kappa shape index (κ1) is 13.9. The molecule has 19 heavy (non-hydrogen) atoms. The molecule has 0 aromatic heterocycles. The molecule has 0 amide bonds. The summed E-state index contributed by atoms with van der Waals surface area (Å²) in [7, 11) is 2.06. The highest BCUT2D eigenvalue weighted by Crippen LogP contribution is 2.22. The third kappa shape index (κ3) is 3.72. The van der Waals surface area contributed by atoms with Gasteiger partial charge < -0.3 is 10.8 Å². The van der Waals surface area contributed by atoms with Crippen molar-refractivity contribution in [1.29, 1.82) is 0 Å². The first-order valence-corrected chi connectivity index (χ1v) is 6.85. The van der Waals surface area contributed by atoms with Gasteiger partial charge in [-0.25, -0.2) is 0 Å². The Bertz CT molecular complexity index is 572. The fourth-order valence-electron chi connectivity index (χ4n) is 1.99. The van der Waals surface area contributed by atoms with Gasteiger partial charge in [-0.05, 0) is 36.4 Å². The second-order valence-corrected chi connectivity index (χ2v) is 5.51. The minimum atomic E-state index is 0.136. The van der Waals surface area contributed by atoms with E-state index in [1.807, 2.05) is 30.3 Å². The number of nitrogens with two attached hydrogens (primary N) is 1. The fraction of sp³-hybridized carbons (Fsp3) is 0.200. The maximum absolute atomic E-state index is 9.40. The average Bonchev–Trinajstić information content (AvgIpc) is 2.37. The number of halogens is 1. The summed E-state index contributed by atoms with van der Waals surface area (Å²) >= 11 is 3.55. The Morgan fingerprint density at radius 2 is 1.89 bits per heavy atom. The van der Waals surface area contributed by atoms with E-state index in [0.717, 1.165) is 23.1 Å². The van der Waals surface area contributed by atoms with Gasteiger partial charge in [-0.2, -0.15) is 0 Å². The van der Waals surface area contributed by atoms with Crippen LogP contribution in [-0.2, 0) is 13.1 Å². The van der Waals surface area contributed by atoms with Gasteiger partial charge in [0, 0.05) is 17.6 Å². The number of phenols is 1. The van der Waals surface area contributed by atoms with Gasteiger partial charge in [0.25, 0.3) is 0 Å². The molecule has 0 saturated carbocycles. The van der Waals surface area contributed by atoms with Crippen LogP contribution in [0.25, 0.3) is 0 Å². The molecule has 4 heteroatoms. The van der Waals surface area contributed by atoms with E-state index < -0.39 is 0 Å². The van der Waals surface area contributed by atoms with Crippen molar-refractivity contribution in [3.8, 4) is 5.75 Å². The molecule has 3 nitrogen and oxygen atoms in total. The number of benzene rings is 2. The lowest BCUT2D eigenvalue weighted by molar-refractivity contribution is 0.318. The second kappa shape index (κ2) is 6.08. The van der Waals surface area contributed by atoms with Crippen LogP contribution in [0.3, 0.4) is 0 Å². The van der Waals surface area contributed by atoms with Gasteiger partial charge in [-0.15, -0.1) is 0 Å². The van der Waals surface area contributed by atoms with Crippen molar-refractivity contribution in [2.24, 2.45) is 0 Å². The predicted molar refractivity (Wildman–Crippen MR) is 81.8 cm³/mol. The molecular formula is C15H17BrN2O. The molecule has 0 unspecified atom stereocenters. The van der Waals surface area contributed by atoms with Crippen LogP contribution in [0.5, 0.6) is 5.75 Å². The van der Waals surface area contributed by atoms with Crippen LogP contribution in [0.1, 0.15) is 11.1 Å². The van der Waals surface area contributed by atoms with Gasteiger partial charge in [-0.3, -0.25) is 4.90 Å². The number of anilines is 1. The Labute approximate surface area is 121 Å². The number of hydrogen-bond acceptors (Lipinski definition) is 3. The highest BCUT2D eigenvalue weighted by molar-refractivity contribution is 9.10. The summed E-state index contributed by atoms with van der Waals surface area (Å²) in [5, 5.41) is 9.40. The third-order valence-corrected chi connectivity index (χ3v) is 3.72. The predicted octanol–water partition coefficient (Wildman–Crippen LogP) is 3.37. The third-order valence-electron chi connectivity index (χ3n) is 2.94. The van der Waals surface area contributed by atoms with E-state index in [1.165, 1.54) is 5.56 Å². The lowest BCUT2D eigenvalue weighted by atomic mass is 10.1. The number of rotatable bonds is 4. The summed E-state index contributed by atoms with van der Waals surface area (Å²) in [6.07, 6.45) is 0. The summed E-state index contributed by atoms with van der Waals surface area (Å²) < 4.78 is 1.12. The molecule has 2 aromatic carbocycles. The molecule has 0 spiro atoms. The zero-order chi connectivity index (χ0) is 13.8. The van der Waals surface area contributed by atoms with Crippen LogP contribution in [0.4, 0.5) is 5.69 Å². The molecule has 2 aromatic rings. The summed E-state index contributed by atoms with van der Waals surface area (Å²) in [5.41, 5.74) is 8.45. The summed E-state index contributed by atoms with van der Waals surface area (Å²) in [4.78, 5) is 2.20. The highest BCUT2D eigenvalue weighted by Gasteiger charge is 2.06. The normalized spacial score (nSPS) is 10.9. The summed E-state index contributed by atoms with van der Waals surface area (Å²) in [6.45, 7) is 1.63. The zero-order valence-corrected chi connectivity index (χ0v) is 12.4. The summed E-state index contributed by atoms with van der Waals surface area (Å²) in [6, 6.07) is 13.5. The Hall–Kier alpha value is -1.52. The van der Waals surface area contributed by atoms with Gasteiger partial charge in [0.15, 0.2) is 0 Å². The Morgan fingerprint density at radius 1 is 1.16 bits per heavy atom. The van der Waals surface area contributed by atoms with Crippen molar-refractivity contribution in [3.63, 3.8) is 0 Å². The van der Waals surface area contributed by atoms with E-state index in [-0.39, 0.29) is 5.75 Å². The van der Waals surface area contributed by atoms with Crippen LogP contribution in [0.15, 0.2) is 46.9 Å². The largest absolute Gasteiger partial charge is 0.506 e. The van der Waals surface area contributed by atoms with Crippen LogP contribution in [0, 0.1) is 0 Å². The Morgan fingerprint density at radius 3 is 2.58 bits per heavy atom. The average molecular weight is 321 g/mol.